The number of aryl methyl sites for hydroxylation is 1. The number of esters is 1. The zero-order valence-electron chi connectivity index (χ0n) is 12.9. The Hall–Kier alpha value is -1.40. The average Bonchev–Trinajstić information content (AvgIpc) is 2.53. The van der Waals surface area contributed by atoms with E-state index in [-0.39, 0.29) is 10.8 Å². The van der Waals surface area contributed by atoms with Crippen LogP contribution in [0.5, 0.6) is 0 Å². The summed E-state index contributed by atoms with van der Waals surface area (Å²) in [7, 11) is -2.73. The van der Waals surface area contributed by atoms with Crippen molar-refractivity contribution in [1.82, 2.24) is 0 Å². The van der Waals surface area contributed by atoms with Crippen molar-refractivity contribution in [1.29, 1.82) is 0 Å². The first kappa shape index (κ1) is 17.0. The molecule has 0 amide bonds. The van der Waals surface area contributed by atoms with Crippen LogP contribution in [0, 0.1) is 12.8 Å². The van der Waals surface area contributed by atoms with Crippen molar-refractivity contribution in [2.45, 2.75) is 50.0 Å². The van der Waals surface area contributed by atoms with Crippen LogP contribution in [0.1, 0.15) is 37.7 Å². The molecule has 1 atom stereocenters. The molecular formula is C16H22O5S. The van der Waals surface area contributed by atoms with Gasteiger partial charge in [-0.3, -0.25) is 4.18 Å². The van der Waals surface area contributed by atoms with E-state index in [0.29, 0.717) is 0 Å². The van der Waals surface area contributed by atoms with Gasteiger partial charge in [0.05, 0.1) is 12.0 Å². The fraction of sp³-hybridized carbons (Fsp3) is 0.562. The summed E-state index contributed by atoms with van der Waals surface area (Å²) >= 11 is 0. The second-order valence-corrected chi connectivity index (χ2v) is 7.28. The Morgan fingerprint density at radius 1 is 1.14 bits per heavy atom. The molecule has 0 heterocycles. The standard InChI is InChI=1S/C16H22O5S/c1-12-8-10-14(11-9-12)22(18,19)21-15(16(17)20-2)13-6-4-3-5-7-13/h8-11,13,15H,3-7H2,1-2H3/t15-/m1/s1. The fourth-order valence-electron chi connectivity index (χ4n) is 2.76. The van der Waals surface area contributed by atoms with Crippen LogP contribution in [-0.4, -0.2) is 27.6 Å². The molecule has 0 spiro atoms. The van der Waals surface area contributed by atoms with Crippen molar-refractivity contribution in [2.24, 2.45) is 5.92 Å². The number of carbonyl (C=O) groups is 1. The molecular weight excluding hydrogens is 304 g/mol. The summed E-state index contributed by atoms with van der Waals surface area (Å²) in [4.78, 5) is 12.0. The van der Waals surface area contributed by atoms with Gasteiger partial charge in [0.1, 0.15) is 0 Å². The first-order valence-electron chi connectivity index (χ1n) is 7.52. The highest BCUT2D eigenvalue weighted by Crippen LogP contribution is 2.30. The molecule has 1 aromatic carbocycles. The second-order valence-electron chi connectivity index (χ2n) is 5.71. The van der Waals surface area contributed by atoms with Crippen molar-refractivity contribution in [3.05, 3.63) is 29.8 Å². The predicted molar refractivity (Wildman–Crippen MR) is 81.8 cm³/mol. The Labute approximate surface area is 131 Å². The fourth-order valence-corrected chi connectivity index (χ4v) is 3.85. The Bertz CT molecular complexity index is 600. The quantitative estimate of drug-likeness (QED) is 0.615. The van der Waals surface area contributed by atoms with Crippen LogP contribution in [0.3, 0.4) is 0 Å². The maximum absolute atomic E-state index is 12.4. The normalized spacial score (nSPS) is 17.9. The number of ether oxygens (including phenoxy) is 1. The van der Waals surface area contributed by atoms with Crippen LogP contribution >= 0.6 is 0 Å². The van der Waals surface area contributed by atoms with Crippen molar-refractivity contribution in [2.75, 3.05) is 7.11 Å². The smallest absolute Gasteiger partial charge is 0.336 e. The Balaban J connectivity index is 2.21. The zero-order chi connectivity index (χ0) is 16.2. The minimum Gasteiger partial charge on any atom is -0.467 e. The lowest BCUT2D eigenvalue weighted by Crippen LogP contribution is -2.36. The maximum atomic E-state index is 12.4. The van der Waals surface area contributed by atoms with Crippen molar-refractivity contribution in [3.8, 4) is 0 Å². The van der Waals surface area contributed by atoms with Gasteiger partial charge < -0.3 is 4.74 Å². The average molecular weight is 326 g/mol. The number of benzene rings is 1. The lowest BCUT2D eigenvalue weighted by atomic mass is 9.85. The van der Waals surface area contributed by atoms with E-state index in [9.17, 15) is 13.2 Å². The van der Waals surface area contributed by atoms with E-state index in [1.165, 1.54) is 19.2 Å². The molecule has 2 rings (SSSR count). The van der Waals surface area contributed by atoms with Crippen LogP contribution in [0.15, 0.2) is 29.2 Å². The molecule has 0 aromatic heterocycles. The number of rotatable bonds is 5. The molecule has 122 valence electrons. The molecule has 0 unspecified atom stereocenters. The van der Waals surface area contributed by atoms with Gasteiger partial charge in [-0.1, -0.05) is 37.0 Å². The monoisotopic (exact) mass is 326 g/mol. The van der Waals surface area contributed by atoms with Gasteiger partial charge in [-0.15, -0.1) is 0 Å². The molecule has 0 bridgehead atoms. The zero-order valence-corrected chi connectivity index (χ0v) is 13.8. The van der Waals surface area contributed by atoms with Gasteiger partial charge in [0, 0.05) is 0 Å². The van der Waals surface area contributed by atoms with Crippen molar-refractivity contribution >= 4 is 16.1 Å². The van der Waals surface area contributed by atoms with Crippen LogP contribution in [0.25, 0.3) is 0 Å². The van der Waals surface area contributed by atoms with Gasteiger partial charge in [-0.2, -0.15) is 8.42 Å². The van der Waals surface area contributed by atoms with E-state index in [0.717, 1.165) is 37.7 Å². The van der Waals surface area contributed by atoms with E-state index >= 15 is 0 Å². The maximum Gasteiger partial charge on any atom is 0.336 e. The molecule has 0 N–H and O–H groups in total. The van der Waals surface area contributed by atoms with Gasteiger partial charge in [0.25, 0.3) is 10.1 Å². The third kappa shape index (κ3) is 4.08. The van der Waals surface area contributed by atoms with E-state index in [1.807, 2.05) is 6.92 Å². The largest absolute Gasteiger partial charge is 0.467 e. The summed E-state index contributed by atoms with van der Waals surface area (Å²) in [5.41, 5.74) is 0.954. The summed E-state index contributed by atoms with van der Waals surface area (Å²) in [5, 5.41) is 0. The SMILES string of the molecule is COC(=O)[C@H](OS(=O)(=O)c1ccc(C)cc1)C1CCCCC1. The molecule has 1 saturated carbocycles. The lowest BCUT2D eigenvalue weighted by molar-refractivity contribution is -0.152. The molecule has 0 aliphatic heterocycles. The molecule has 22 heavy (non-hydrogen) atoms. The van der Waals surface area contributed by atoms with Crippen LogP contribution in [-0.2, 0) is 23.8 Å². The summed E-state index contributed by atoms with van der Waals surface area (Å²) in [6.07, 6.45) is 3.57. The minimum absolute atomic E-state index is 0.0582. The van der Waals surface area contributed by atoms with E-state index in [1.54, 1.807) is 12.1 Å². The highest BCUT2D eigenvalue weighted by molar-refractivity contribution is 7.86. The third-order valence-electron chi connectivity index (χ3n) is 4.05. The van der Waals surface area contributed by atoms with Crippen LogP contribution < -0.4 is 0 Å². The number of methoxy groups -OCH3 is 1. The van der Waals surface area contributed by atoms with Crippen LogP contribution in [0.2, 0.25) is 0 Å². The van der Waals surface area contributed by atoms with Gasteiger partial charge in [-0.05, 0) is 37.8 Å². The van der Waals surface area contributed by atoms with E-state index < -0.39 is 22.2 Å². The van der Waals surface area contributed by atoms with Gasteiger partial charge in [0.15, 0.2) is 6.10 Å². The molecule has 6 heteroatoms. The van der Waals surface area contributed by atoms with Crippen LogP contribution in [0.4, 0.5) is 0 Å². The summed E-state index contributed by atoms with van der Waals surface area (Å²) in [6.45, 7) is 1.87. The Morgan fingerprint density at radius 3 is 2.27 bits per heavy atom. The molecule has 1 fully saturated rings. The molecule has 1 aliphatic rings. The van der Waals surface area contributed by atoms with E-state index in [2.05, 4.69) is 0 Å². The van der Waals surface area contributed by atoms with Crippen molar-refractivity contribution < 1.29 is 22.1 Å². The van der Waals surface area contributed by atoms with Crippen molar-refractivity contribution in [3.63, 3.8) is 0 Å². The Kier molecular flexibility index (Phi) is 5.58. The molecule has 5 nitrogen and oxygen atoms in total. The van der Waals surface area contributed by atoms with Gasteiger partial charge in [0.2, 0.25) is 0 Å². The number of hydrogen-bond donors (Lipinski definition) is 0. The molecule has 0 radical (unpaired) electrons. The first-order valence-corrected chi connectivity index (χ1v) is 8.92. The highest BCUT2D eigenvalue weighted by Gasteiger charge is 2.35. The number of carbonyl (C=O) groups excluding carboxylic acids is 1. The van der Waals surface area contributed by atoms with E-state index in [4.69, 9.17) is 8.92 Å². The third-order valence-corrected chi connectivity index (χ3v) is 5.36. The predicted octanol–water partition coefficient (Wildman–Crippen LogP) is 2.82. The summed E-state index contributed by atoms with van der Waals surface area (Å²) in [6, 6.07) is 6.37. The van der Waals surface area contributed by atoms with Gasteiger partial charge >= 0.3 is 5.97 Å². The first-order chi connectivity index (χ1) is 10.4. The molecule has 1 aromatic rings. The molecule has 0 saturated heterocycles. The van der Waals surface area contributed by atoms with Gasteiger partial charge in [-0.25, -0.2) is 4.79 Å². The topological polar surface area (TPSA) is 69.7 Å². The molecule has 1 aliphatic carbocycles. The minimum atomic E-state index is -3.98. The Morgan fingerprint density at radius 2 is 1.73 bits per heavy atom. The summed E-state index contributed by atoms with van der Waals surface area (Å²) < 4.78 is 34.8. The second kappa shape index (κ2) is 7.24. The highest BCUT2D eigenvalue weighted by atomic mass is 32.2. The number of hydrogen-bond acceptors (Lipinski definition) is 5. The lowest BCUT2D eigenvalue weighted by Gasteiger charge is -2.27. The summed E-state index contributed by atoms with van der Waals surface area (Å²) in [5.74, 6) is -0.732.